The first kappa shape index (κ1) is 21.0. The first-order valence-corrected chi connectivity index (χ1v) is 7.87. The molecule has 10 heteroatoms. The van der Waals surface area contributed by atoms with Crippen LogP contribution in [0.3, 0.4) is 0 Å². The number of alkyl halides is 2. The van der Waals surface area contributed by atoms with Crippen LogP contribution in [0.25, 0.3) is 0 Å². The number of hydrogen-bond acceptors (Lipinski definition) is 4. The molecule has 1 unspecified atom stereocenters. The largest absolute Gasteiger partial charge is 0.493 e. The van der Waals surface area contributed by atoms with Gasteiger partial charge in [0.05, 0.1) is 7.11 Å². The van der Waals surface area contributed by atoms with Gasteiger partial charge in [0.2, 0.25) is 5.91 Å². The number of nitrogens with one attached hydrogen (secondary N) is 2. The number of ether oxygens (including phenoxy) is 2. The highest BCUT2D eigenvalue weighted by atomic mass is 19.3. The fraction of sp³-hybridized carbons (Fsp3) is 0.222. The van der Waals surface area contributed by atoms with Gasteiger partial charge in [-0.2, -0.15) is 8.78 Å². The molecule has 2 aromatic rings. The molecule has 2 aromatic carbocycles. The van der Waals surface area contributed by atoms with E-state index in [1.165, 1.54) is 26.3 Å². The van der Waals surface area contributed by atoms with Crippen LogP contribution >= 0.6 is 0 Å². The third kappa shape index (κ3) is 4.90. The Bertz CT molecular complexity index is 877. The number of halogens is 4. The highest BCUT2D eigenvalue weighted by Crippen LogP contribution is 2.29. The Morgan fingerprint density at radius 2 is 1.71 bits per heavy atom. The van der Waals surface area contributed by atoms with Crippen LogP contribution in [0.15, 0.2) is 36.4 Å². The molecular formula is C18H16F4N2O4. The van der Waals surface area contributed by atoms with E-state index in [9.17, 15) is 27.2 Å². The average Bonchev–Trinajstić information content (AvgIpc) is 2.67. The smallest absolute Gasteiger partial charge is 0.387 e. The van der Waals surface area contributed by atoms with E-state index in [2.05, 4.69) is 15.4 Å². The second-order valence-electron chi connectivity index (χ2n) is 5.44. The third-order valence-corrected chi connectivity index (χ3v) is 3.70. The van der Waals surface area contributed by atoms with Gasteiger partial charge < -0.3 is 20.1 Å². The van der Waals surface area contributed by atoms with Gasteiger partial charge in [0.15, 0.2) is 23.1 Å². The number of hydrogen-bond donors (Lipinski definition) is 2. The number of benzene rings is 2. The molecule has 0 aliphatic carbocycles. The molecule has 1 atom stereocenters. The van der Waals surface area contributed by atoms with E-state index in [1.807, 2.05) is 0 Å². The summed E-state index contributed by atoms with van der Waals surface area (Å²) < 4.78 is 60.9. The number of likely N-dealkylation sites (N-methyl/N-ethyl adjacent to an activating group) is 1. The fourth-order valence-corrected chi connectivity index (χ4v) is 2.36. The zero-order valence-corrected chi connectivity index (χ0v) is 14.8. The van der Waals surface area contributed by atoms with Crippen LogP contribution in [0.5, 0.6) is 11.5 Å². The summed E-state index contributed by atoms with van der Waals surface area (Å²) in [6.07, 6.45) is 0. The number of carbonyl (C=O) groups excluding carboxylic acids is 2. The highest BCUT2D eigenvalue weighted by Gasteiger charge is 2.24. The van der Waals surface area contributed by atoms with E-state index in [0.29, 0.717) is 0 Å². The summed E-state index contributed by atoms with van der Waals surface area (Å²) >= 11 is 0. The lowest BCUT2D eigenvalue weighted by Gasteiger charge is -2.18. The number of carbonyl (C=O) groups is 2. The van der Waals surface area contributed by atoms with Crippen molar-refractivity contribution < 1.29 is 36.6 Å². The van der Waals surface area contributed by atoms with Crippen LogP contribution in [0, 0.1) is 11.6 Å². The summed E-state index contributed by atoms with van der Waals surface area (Å²) in [6.45, 7) is -3.15. The monoisotopic (exact) mass is 400 g/mol. The van der Waals surface area contributed by atoms with Crippen molar-refractivity contribution in [2.75, 3.05) is 14.2 Å². The topological polar surface area (TPSA) is 76.7 Å². The number of amides is 2. The highest BCUT2D eigenvalue weighted by molar-refractivity contribution is 5.98. The molecule has 0 saturated heterocycles. The molecule has 2 N–H and O–H groups in total. The minimum atomic E-state index is -3.15. The summed E-state index contributed by atoms with van der Waals surface area (Å²) in [6, 6.07) is 4.88. The van der Waals surface area contributed by atoms with Crippen LogP contribution in [-0.4, -0.2) is 32.6 Å². The summed E-state index contributed by atoms with van der Waals surface area (Å²) in [5.41, 5.74) is -0.128. The Morgan fingerprint density at radius 3 is 2.29 bits per heavy atom. The molecular weight excluding hydrogens is 384 g/mol. The van der Waals surface area contributed by atoms with Crippen molar-refractivity contribution >= 4 is 11.8 Å². The van der Waals surface area contributed by atoms with Crippen molar-refractivity contribution in [2.45, 2.75) is 12.7 Å². The molecule has 0 aromatic heterocycles. The lowest BCUT2D eigenvalue weighted by atomic mass is 10.0. The molecule has 0 spiro atoms. The van der Waals surface area contributed by atoms with E-state index in [4.69, 9.17) is 4.74 Å². The third-order valence-electron chi connectivity index (χ3n) is 3.70. The van der Waals surface area contributed by atoms with Crippen LogP contribution in [-0.2, 0) is 4.79 Å². The van der Waals surface area contributed by atoms with Gasteiger partial charge in [-0.1, -0.05) is 6.07 Å². The van der Waals surface area contributed by atoms with E-state index in [-0.39, 0.29) is 22.6 Å². The SMILES string of the molecule is CNC(=O)C(NC(=O)c1ccc(OC)c(OC(F)F)c1)c1ccc(F)c(F)c1. The van der Waals surface area contributed by atoms with Crippen LogP contribution < -0.4 is 20.1 Å². The summed E-state index contributed by atoms with van der Waals surface area (Å²) in [7, 11) is 2.53. The lowest BCUT2D eigenvalue weighted by Crippen LogP contribution is -2.39. The van der Waals surface area contributed by atoms with Gasteiger partial charge in [-0.15, -0.1) is 0 Å². The quantitative estimate of drug-likeness (QED) is 0.701. The van der Waals surface area contributed by atoms with Crippen molar-refractivity contribution in [1.29, 1.82) is 0 Å². The van der Waals surface area contributed by atoms with Gasteiger partial charge in [0.25, 0.3) is 5.91 Å². The number of methoxy groups -OCH3 is 1. The number of rotatable bonds is 7. The maximum Gasteiger partial charge on any atom is 0.387 e. The van der Waals surface area contributed by atoms with Gasteiger partial charge >= 0.3 is 6.61 Å². The normalized spacial score (nSPS) is 11.7. The Hall–Kier alpha value is -3.30. The lowest BCUT2D eigenvalue weighted by molar-refractivity contribution is -0.122. The van der Waals surface area contributed by atoms with Crippen LogP contribution in [0.4, 0.5) is 17.6 Å². The second kappa shape index (κ2) is 9.07. The molecule has 2 amide bonds. The zero-order chi connectivity index (χ0) is 20.8. The summed E-state index contributed by atoms with van der Waals surface area (Å²) in [5, 5.41) is 4.64. The molecule has 0 saturated carbocycles. The van der Waals surface area contributed by atoms with Crippen molar-refractivity contribution in [3.63, 3.8) is 0 Å². The van der Waals surface area contributed by atoms with Gasteiger partial charge in [-0.25, -0.2) is 8.78 Å². The Balaban J connectivity index is 2.33. The van der Waals surface area contributed by atoms with Crippen molar-refractivity contribution in [3.05, 3.63) is 59.2 Å². The predicted octanol–water partition coefficient (Wildman–Crippen LogP) is 2.79. The minimum absolute atomic E-state index is 0.0100. The van der Waals surface area contributed by atoms with Crippen molar-refractivity contribution in [3.8, 4) is 11.5 Å². The molecule has 0 heterocycles. The second-order valence-corrected chi connectivity index (χ2v) is 5.44. The van der Waals surface area contributed by atoms with E-state index in [1.54, 1.807) is 0 Å². The maximum absolute atomic E-state index is 13.5. The molecule has 0 aliphatic rings. The molecule has 0 bridgehead atoms. The minimum Gasteiger partial charge on any atom is -0.493 e. The van der Waals surface area contributed by atoms with E-state index < -0.39 is 36.1 Å². The maximum atomic E-state index is 13.5. The molecule has 150 valence electrons. The van der Waals surface area contributed by atoms with Crippen molar-refractivity contribution in [1.82, 2.24) is 10.6 Å². The standard InChI is InChI=1S/C18H16F4N2O4/c1-23-17(26)15(9-3-5-11(19)12(20)7-9)24-16(25)10-4-6-13(27-2)14(8-10)28-18(21)22/h3-8,15,18H,1-2H3,(H,23,26)(H,24,25). The zero-order valence-electron chi connectivity index (χ0n) is 14.8. The van der Waals surface area contributed by atoms with Gasteiger partial charge in [-0.05, 0) is 35.9 Å². The van der Waals surface area contributed by atoms with E-state index in [0.717, 1.165) is 24.3 Å². The van der Waals surface area contributed by atoms with Gasteiger partial charge in [0, 0.05) is 12.6 Å². The Kier molecular flexibility index (Phi) is 6.80. The van der Waals surface area contributed by atoms with Crippen LogP contribution in [0.1, 0.15) is 22.0 Å². The molecule has 28 heavy (non-hydrogen) atoms. The van der Waals surface area contributed by atoms with Gasteiger partial charge in [-0.3, -0.25) is 9.59 Å². The predicted molar refractivity (Wildman–Crippen MR) is 90.3 cm³/mol. The first-order valence-electron chi connectivity index (χ1n) is 7.87. The fourth-order valence-electron chi connectivity index (χ4n) is 2.36. The summed E-state index contributed by atoms with van der Waals surface area (Å²) in [4.78, 5) is 24.6. The molecule has 0 fully saturated rings. The van der Waals surface area contributed by atoms with E-state index >= 15 is 0 Å². The van der Waals surface area contributed by atoms with Gasteiger partial charge in [0.1, 0.15) is 6.04 Å². The Labute approximate surface area is 157 Å². The molecule has 0 aliphatic heterocycles. The van der Waals surface area contributed by atoms with Crippen LogP contribution in [0.2, 0.25) is 0 Å². The molecule has 0 radical (unpaired) electrons. The van der Waals surface area contributed by atoms with Crippen molar-refractivity contribution in [2.24, 2.45) is 0 Å². The molecule has 6 nitrogen and oxygen atoms in total. The molecule has 2 rings (SSSR count). The average molecular weight is 400 g/mol. The first-order chi connectivity index (χ1) is 13.3. The Morgan fingerprint density at radius 1 is 1.00 bits per heavy atom. The summed E-state index contributed by atoms with van der Waals surface area (Å²) in [5.74, 6) is -4.25.